The predicted molar refractivity (Wildman–Crippen MR) is 40.2 cm³/mol. The number of carbonyl (C=O) groups excluding carboxylic acids is 3. The molecule has 0 fully saturated rings. The van der Waals surface area contributed by atoms with Gasteiger partial charge in [-0.2, -0.15) is 8.42 Å². The fraction of sp³-hybridized carbons (Fsp3) is 0. The second kappa shape index (κ2) is 3.06. The Morgan fingerprint density at radius 3 is 2.36 bits per heavy atom. The second-order valence-electron chi connectivity index (χ2n) is 2.07. The van der Waals surface area contributed by atoms with E-state index in [4.69, 9.17) is 0 Å². The summed E-state index contributed by atoms with van der Waals surface area (Å²) in [7, 11) is -4.51. The van der Waals surface area contributed by atoms with Crippen LogP contribution in [0.4, 0.5) is 4.79 Å². The topological polar surface area (TPSA) is 145 Å². The van der Waals surface area contributed by atoms with Crippen molar-refractivity contribution >= 4 is 32.9 Å². The average Bonchev–Trinajstić information content (AvgIpc) is 2.30. The predicted octanol–water partition coefficient (Wildman–Crippen LogP) is -2.58. The van der Waals surface area contributed by atoms with Gasteiger partial charge in [0.05, 0.1) is 0 Å². The second-order valence-corrected chi connectivity index (χ2v) is 3.67. The first kappa shape index (κ1) is 10.1. The quantitative estimate of drug-likeness (QED) is 0.339. The van der Waals surface area contributed by atoms with Crippen molar-refractivity contribution in [3.63, 3.8) is 0 Å². The Morgan fingerprint density at radius 1 is 1.43 bits per heavy atom. The van der Waals surface area contributed by atoms with E-state index in [0.29, 0.717) is 0 Å². The maximum Gasteiger partial charge on any atom is 0.408 e. The number of carbonyl (C=O) groups is 3. The molecular formula is C4H3N3O6S. The van der Waals surface area contributed by atoms with Gasteiger partial charge in [-0.1, -0.05) is 5.16 Å². The van der Waals surface area contributed by atoms with E-state index in [9.17, 15) is 22.8 Å². The molecule has 0 saturated heterocycles. The molecule has 1 rings (SSSR count). The molecule has 14 heavy (non-hydrogen) atoms. The first-order valence-electron chi connectivity index (χ1n) is 3.00. The van der Waals surface area contributed by atoms with Crippen LogP contribution in [-0.2, 0) is 24.4 Å². The number of ketones is 1. The zero-order valence-electron chi connectivity index (χ0n) is 6.38. The van der Waals surface area contributed by atoms with E-state index in [1.54, 1.807) is 0 Å². The third-order valence-electron chi connectivity index (χ3n) is 1.08. The summed E-state index contributed by atoms with van der Waals surface area (Å²) in [5.41, 5.74) is 4.51. The zero-order chi connectivity index (χ0) is 10.9. The minimum absolute atomic E-state index is 1.19. The molecule has 2 amide bonds. The summed E-state index contributed by atoms with van der Waals surface area (Å²) in [6.07, 6.45) is 0. The Labute approximate surface area is 76.9 Å². The highest BCUT2D eigenvalue weighted by Gasteiger charge is 2.40. The number of amides is 2. The largest absolute Gasteiger partial charge is 0.408 e. The van der Waals surface area contributed by atoms with Crippen LogP contribution in [0.2, 0.25) is 0 Å². The van der Waals surface area contributed by atoms with Gasteiger partial charge in [-0.25, -0.2) is 14.3 Å². The molecule has 0 radical (unpaired) electrons. The van der Waals surface area contributed by atoms with Crippen molar-refractivity contribution < 1.29 is 27.6 Å². The minimum atomic E-state index is -4.51. The van der Waals surface area contributed by atoms with E-state index in [2.05, 4.69) is 15.7 Å². The van der Waals surface area contributed by atoms with Crippen LogP contribution < -0.4 is 10.5 Å². The highest BCUT2D eigenvalue weighted by molar-refractivity contribution is 8.07. The molecule has 10 heteroatoms. The Bertz CT molecular complexity index is 448. The van der Waals surface area contributed by atoms with Crippen molar-refractivity contribution in [2.45, 2.75) is 0 Å². The average molecular weight is 221 g/mol. The Balaban J connectivity index is 3.02. The highest BCUT2D eigenvalue weighted by Crippen LogP contribution is 2.03. The van der Waals surface area contributed by atoms with Gasteiger partial charge in [0.25, 0.3) is 15.1 Å². The molecule has 76 valence electrons. The van der Waals surface area contributed by atoms with Crippen LogP contribution in [0, 0.1) is 0 Å². The van der Waals surface area contributed by atoms with E-state index in [0.717, 1.165) is 0 Å². The molecule has 1 heterocycles. The number of hydrogen-bond acceptors (Lipinski definition) is 7. The standard InChI is InChI=1S/C4H3N3O6S/c5-4(10)7-14(11,12)2-1(8)3(9)13-6-2/h(H3,5,7,10). The van der Waals surface area contributed by atoms with Gasteiger partial charge in [0.1, 0.15) is 0 Å². The summed E-state index contributed by atoms with van der Waals surface area (Å²) in [6, 6.07) is -1.40. The molecule has 0 aromatic rings. The third kappa shape index (κ3) is 1.69. The van der Waals surface area contributed by atoms with Crippen LogP contribution in [0.25, 0.3) is 0 Å². The number of rotatable bonds is 0. The number of sulfonamides is 1. The number of nitrogens with one attached hydrogen (secondary N) is 1. The van der Waals surface area contributed by atoms with Gasteiger partial charge in [-0.15, -0.1) is 0 Å². The van der Waals surface area contributed by atoms with Gasteiger partial charge in [-0.05, 0) is 0 Å². The maximum absolute atomic E-state index is 11.0. The number of nitrogens with two attached hydrogens (primary N) is 1. The molecule has 9 nitrogen and oxygen atoms in total. The zero-order valence-corrected chi connectivity index (χ0v) is 7.20. The van der Waals surface area contributed by atoms with E-state index >= 15 is 0 Å². The van der Waals surface area contributed by atoms with Crippen LogP contribution >= 0.6 is 0 Å². The van der Waals surface area contributed by atoms with E-state index < -0.39 is 32.9 Å². The van der Waals surface area contributed by atoms with Gasteiger partial charge in [0, 0.05) is 0 Å². The van der Waals surface area contributed by atoms with Crippen molar-refractivity contribution in [2.75, 3.05) is 0 Å². The maximum atomic E-state index is 11.0. The Morgan fingerprint density at radius 2 is 2.00 bits per heavy atom. The van der Waals surface area contributed by atoms with Gasteiger partial charge in [0.2, 0.25) is 0 Å². The SMILES string of the molecule is NC(=O)NS(=O)(=O)C1=NOC(=O)C1=O. The highest BCUT2D eigenvalue weighted by atomic mass is 32.2. The smallest absolute Gasteiger partial charge is 0.351 e. The van der Waals surface area contributed by atoms with Crippen LogP contribution in [0.5, 0.6) is 0 Å². The molecule has 0 aliphatic carbocycles. The number of oxime groups is 1. The fourth-order valence-electron chi connectivity index (χ4n) is 0.605. The van der Waals surface area contributed by atoms with Crippen molar-refractivity contribution in [1.29, 1.82) is 0 Å². The minimum Gasteiger partial charge on any atom is -0.351 e. The Hall–Kier alpha value is -1.97. The van der Waals surface area contributed by atoms with E-state index in [1.165, 1.54) is 4.72 Å². The van der Waals surface area contributed by atoms with Gasteiger partial charge >= 0.3 is 17.8 Å². The molecule has 0 atom stereocenters. The fourth-order valence-corrected chi connectivity index (χ4v) is 1.43. The first-order chi connectivity index (χ1) is 6.34. The number of urea groups is 1. The summed E-state index contributed by atoms with van der Waals surface area (Å²) in [6.45, 7) is 0. The number of hydrogen-bond donors (Lipinski definition) is 2. The summed E-state index contributed by atoms with van der Waals surface area (Å²) in [4.78, 5) is 35.2. The summed E-state index contributed by atoms with van der Waals surface area (Å²) in [5, 5.41) is 1.49. The van der Waals surface area contributed by atoms with E-state index in [1.807, 2.05) is 0 Å². The van der Waals surface area contributed by atoms with Crippen LogP contribution in [0.1, 0.15) is 0 Å². The van der Waals surface area contributed by atoms with Gasteiger partial charge < -0.3 is 10.6 Å². The molecule has 1 aliphatic heterocycles. The summed E-state index contributed by atoms with van der Waals surface area (Å²) < 4.78 is 23.2. The number of primary amides is 1. The molecular weight excluding hydrogens is 218 g/mol. The normalized spacial score (nSPS) is 16.1. The number of nitrogens with zero attached hydrogens (tertiary/aromatic N) is 1. The lowest BCUT2D eigenvalue weighted by Crippen LogP contribution is -2.41. The molecule has 0 aromatic heterocycles. The van der Waals surface area contributed by atoms with Crippen molar-refractivity contribution in [3.05, 3.63) is 0 Å². The van der Waals surface area contributed by atoms with Crippen molar-refractivity contribution in [2.24, 2.45) is 10.9 Å². The van der Waals surface area contributed by atoms with Crippen molar-refractivity contribution in [3.8, 4) is 0 Å². The van der Waals surface area contributed by atoms with Crippen LogP contribution in [0.15, 0.2) is 5.16 Å². The summed E-state index contributed by atoms with van der Waals surface area (Å²) in [5.74, 6) is -2.89. The molecule has 0 aromatic carbocycles. The molecule has 1 aliphatic rings. The van der Waals surface area contributed by atoms with Crippen molar-refractivity contribution in [1.82, 2.24) is 4.72 Å². The first-order valence-corrected chi connectivity index (χ1v) is 4.49. The van der Waals surface area contributed by atoms with E-state index in [-0.39, 0.29) is 0 Å². The lowest BCUT2D eigenvalue weighted by atomic mass is 10.5. The summed E-state index contributed by atoms with van der Waals surface area (Å²) >= 11 is 0. The molecule has 3 N–H and O–H groups in total. The van der Waals surface area contributed by atoms with Gasteiger partial charge in [-0.3, -0.25) is 4.79 Å². The lowest BCUT2D eigenvalue weighted by molar-refractivity contribution is -0.148. The van der Waals surface area contributed by atoms with Crippen LogP contribution in [-0.4, -0.2) is 31.2 Å². The lowest BCUT2D eigenvalue weighted by Gasteiger charge is -1.98. The van der Waals surface area contributed by atoms with Crippen LogP contribution in [0.3, 0.4) is 0 Å². The third-order valence-corrected chi connectivity index (χ3v) is 2.32. The molecule has 0 spiro atoms. The Kier molecular flexibility index (Phi) is 2.21. The van der Waals surface area contributed by atoms with Gasteiger partial charge in [0.15, 0.2) is 0 Å². The molecule has 0 unspecified atom stereocenters. The number of Topliss-reactive ketones (excluding diaryl/α,β-unsaturated/α-hetero) is 1. The molecule has 0 bridgehead atoms. The monoisotopic (exact) mass is 221 g/mol. The molecule has 0 saturated carbocycles.